The molecular formula is C25H21F6NO. The second-order valence-electron chi connectivity index (χ2n) is 8.18. The van der Waals surface area contributed by atoms with E-state index in [1.807, 2.05) is 49.4 Å². The molecule has 0 saturated heterocycles. The van der Waals surface area contributed by atoms with E-state index in [4.69, 9.17) is 4.74 Å². The first-order chi connectivity index (χ1) is 15.5. The molecule has 0 saturated carbocycles. The highest BCUT2D eigenvalue weighted by atomic mass is 19.4. The van der Waals surface area contributed by atoms with Crippen molar-refractivity contribution >= 4 is 0 Å². The molecule has 4 rings (SSSR count). The van der Waals surface area contributed by atoms with E-state index in [9.17, 15) is 26.3 Å². The summed E-state index contributed by atoms with van der Waals surface area (Å²) in [5, 5.41) is 0. The predicted molar refractivity (Wildman–Crippen MR) is 111 cm³/mol. The summed E-state index contributed by atoms with van der Waals surface area (Å²) in [6, 6.07) is 14.9. The van der Waals surface area contributed by atoms with Crippen LogP contribution in [0.3, 0.4) is 0 Å². The third kappa shape index (κ3) is 5.21. The van der Waals surface area contributed by atoms with Gasteiger partial charge in [-0.3, -0.25) is 4.98 Å². The van der Waals surface area contributed by atoms with Crippen molar-refractivity contribution < 1.29 is 31.1 Å². The Balaban J connectivity index is 1.65. The first-order valence-corrected chi connectivity index (χ1v) is 10.4. The Morgan fingerprint density at radius 2 is 1.52 bits per heavy atom. The average molecular weight is 465 g/mol. The van der Waals surface area contributed by atoms with Gasteiger partial charge >= 0.3 is 12.4 Å². The highest BCUT2D eigenvalue weighted by Gasteiger charge is 2.37. The van der Waals surface area contributed by atoms with Gasteiger partial charge in [0.05, 0.1) is 23.8 Å². The summed E-state index contributed by atoms with van der Waals surface area (Å²) >= 11 is 0. The van der Waals surface area contributed by atoms with Crippen LogP contribution in [0, 0.1) is 6.92 Å². The third-order valence-electron chi connectivity index (χ3n) is 5.79. The molecule has 2 atom stereocenters. The summed E-state index contributed by atoms with van der Waals surface area (Å²) < 4.78 is 85.2. The van der Waals surface area contributed by atoms with Crippen LogP contribution in [0.4, 0.5) is 26.3 Å². The van der Waals surface area contributed by atoms with Gasteiger partial charge in [-0.1, -0.05) is 36.4 Å². The van der Waals surface area contributed by atoms with E-state index in [1.165, 1.54) is 0 Å². The Morgan fingerprint density at radius 3 is 2.12 bits per heavy atom. The van der Waals surface area contributed by atoms with Gasteiger partial charge in [0.15, 0.2) is 0 Å². The second kappa shape index (κ2) is 8.82. The molecule has 0 unspecified atom stereocenters. The molecule has 1 aliphatic rings. The molecule has 0 spiro atoms. The minimum atomic E-state index is -4.89. The number of fused-ring (bicyclic) bond motifs is 1. The summed E-state index contributed by atoms with van der Waals surface area (Å²) in [7, 11) is 0. The number of halogens is 6. The lowest BCUT2D eigenvalue weighted by Crippen LogP contribution is -2.30. The smallest absolute Gasteiger partial charge is 0.373 e. The van der Waals surface area contributed by atoms with Gasteiger partial charge in [-0.15, -0.1) is 0 Å². The predicted octanol–water partition coefficient (Wildman–Crippen LogP) is 7.09. The fourth-order valence-corrected chi connectivity index (χ4v) is 4.29. The van der Waals surface area contributed by atoms with E-state index in [0.717, 1.165) is 22.5 Å². The van der Waals surface area contributed by atoms with Gasteiger partial charge in [-0.25, -0.2) is 0 Å². The Hall–Kier alpha value is -2.87. The van der Waals surface area contributed by atoms with Crippen molar-refractivity contribution in [3.05, 3.63) is 99.9 Å². The second-order valence-corrected chi connectivity index (χ2v) is 8.18. The van der Waals surface area contributed by atoms with Crippen LogP contribution in [0.1, 0.15) is 51.5 Å². The number of pyridine rings is 1. The molecule has 174 valence electrons. The maximum atomic E-state index is 13.2. The number of nitrogens with zero attached hydrogens (tertiary/aromatic N) is 1. The Bertz CT molecular complexity index is 1090. The lowest BCUT2D eigenvalue weighted by atomic mass is 9.78. The van der Waals surface area contributed by atoms with Crippen LogP contribution in [0.15, 0.2) is 60.7 Å². The van der Waals surface area contributed by atoms with Gasteiger partial charge in [0.1, 0.15) is 0 Å². The number of aromatic nitrogens is 1. The van der Waals surface area contributed by atoms with Crippen LogP contribution in [-0.2, 0) is 30.1 Å². The fourth-order valence-electron chi connectivity index (χ4n) is 4.29. The van der Waals surface area contributed by atoms with Crippen LogP contribution in [-0.4, -0.2) is 11.1 Å². The minimum Gasteiger partial charge on any atom is -0.373 e. The van der Waals surface area contributed by atoms with Crippen LogP contribution in [0.2, 0.25) is 0 Å². The van der Waals surface area contributed by atoms with E-state index in [0.29, 0.717) is 25.0 Å². The Kier molecular flexibility index (Phi) is 6.22. The van der Waals surface area contributed by atoms with Crippen molar-refractivity contribution in [3.8, 4) is 0 Å². The summed E-state index contributed by atoms with van der Waals surface area (Å²) in [5.74, 6) is -0.226. The Morgan fingerprint density at radius 1 is 0.879 bits per heavy atom. The number of ether oxygens (including phenoxy) is 1. The number of benzene rings is 2. The van der Waals surface area contributed by atoms with Crippen molar-refractivity contribution in [1.29, 1.82) is 0 Å². The molecule has 3 aromatic rings. The van der Waals surface area contributed by atoms with E-state index < -0.39 is 29.6 Å². The summed E-state index contributed by atoms with van der Waals surface area (Å²) in [6.45, 7) is 1.53. The summed E-state index contributed by atoms with van der Waals surface area (Å²) in [6.07, 6.45) is -9.05. The highest BCUT2D eigenvalue weighted by Crippen LogP contribution is 2.40. The first kappa shape index (κ1) is 23.3. The topological polar surface area (TPSA) is 22.1 Å². The SMILES string of the molecule is Cc1ccc2c(n1)CC[C@H](OCc1cc(C(F)(F)F)cc(C(F)(F)F)c1)[C@H]2c1ccccc1. The van der Waals surface area contributed by atoms with Crippen molar-refractivity contribution in [2.45, 2.75) is 50.7 Å². The molecule has 1 heterocycles. The number of hydrogen-bond donors (Lipinski definition) is 0. The van der Waals surface area contributed by atoms with E-state index in [-0.39, 0.29) is 24.2 Å². The van der Waals surface area contributed by atoms with Crippen LogP contribution >= 0.6 is 0 Å². The van der Waals surface area contributed by atoms with Crippen molar-refractivity contribution in [3.63, 3.8) is 0 Å². The van der Waals surface area contributed by atoms with Crippen LogP contribution in [0.5, 0.6) is 0 Å². The van der Waals surface area contributed by atoms with Crippen LogP contribution in [0.25, 0.3) is 0 Å². The standard InChI is InChI=1S/C25H21F6NO/c1-15-7-8-20-21(32-15)9-10-22(23(20)17-5-3-2-4-6-17)33-14-16-11-18(24(26,27)28)13-19(12-16)25(29,30)31/h2-8,11-13,22-23H,9-10,14H2,1H3/t22-,23-/m0/s1. The third-order valence-corrected chi connectivity index (χ3v) is 5.79. The largest absolute Gasteiger partial charge is 0.416 e. The molecule has 8 heteroatoms. The number of rotatable bonds is 4. The van der Waals surface area contributed by atoms with Crippen molar-refractivity contribution in [2.24, 2.45) is 0 Å². The van der Waals surface area contributed by atoms with Gasteiger partial charge in [-0.05, 0) is 60.7 Å². The summed E-state index contributed by atoms with van der Waals surface area (Å²) in [4.78, 5) is 4.61. The highest BCUT2D eigenvalue weighted by molar-refractivity contribution is 5.39. The molecule has 0 radical (unpaired) electrons. The first-order valence-electron chi connectivity index (χ1n) is 10.4. The molecule has 1 aliphatic carbocycles. The van der Waals surface area contributed by atoms with E-state index in [2.05, 4.69) is 4.98 Å². The molecule has 0 bridgehead atoms. The maximum Gasteiger partial charge on any atom is 0.416 e. The molecule has 33 heavy (non-hydrogen) atoms. The average Bonchev–Trinajstić information content (AvgIpc) is 2.76. The fraction of sp³-hybridized carbons (Fsp3) is 0.320. The van der Waals surface area contributed by atoms with E-state index in [1.54, 1.807) is 0 Å². The van der Waals surface area contributed by atoms with Crippen LogP contribution < -0.4 is 0 Å². The van der Waals surface area contributed by atoms with Gasteiger partial charge in [0.25, 0.3) is 0 Å². The number of alkyl halides is 6. The lowest BCUT2D eigenvalue weighted by Gasteiger charge is -2.33. The summed E-state index contributed by atoms with van der Waals surface area (Å²) in [5.41, 5.74) is 0.869. The van der Waals surface area contributed by atoms with Crippen molar-refractivity contribution in [1.82, 2.24) is 4.98 Å². The molecule has 0 N–H and O–H groups in total. The molecular weight excluding hydrogens is 444 g/mol. The molecule has 0 amide bonds. The monoisotopic (exact) mass is 465 g/mol. The van der Waals surface area contributed by atoms with Gasteiger partial charge in [0, 0.05) is 17.3 Å². The molecule has 2 aromatic carbocycles. The molecule has 0 aliphatic heterocycles. The number of aryl methyl sites for hydroxylation is 2. The zero-order valence-corrected chi connectivity index (χ0v) is 17.7. The maximum absolute atomic E-state index is 13.2. The van der Waals surface area contributed by atoms with Gasteiger partial charge in [-0.2, -0.15) is 26.3 Å². The zero-order chi connectivity index (χ0) is 23.8. The van der Waals surface area contributed by atoms with Gasteiger partial charge < -0.3 is 4.74 Å². The normalized spacial score (nSPS) is 18.8. The molecule has 0 fully saturated rings. The molecule has 2 nitrogen and oxygen atoms in total. The quantitative estimate of drug-likeness (QED) is 0.384. The Labute approximate surface area is 187 Å². The van der Waals surface area contributed by atoms with Gasteiger partial charge in [0.2, 0.25) is 0 Å². The lowest BCUT2D eigenvalue weighted by molar-refractivity contribution is -0.143. The van der Waals surface area contributed by atoms with Crippen molar-refractivity contribution in [2.75, 3.05) is 0 Å². The number of hydrogen-bond acceptors (Lipinski definition) is 2. The van der Waals surface area contributed by atoms with E-state index >= 15 is 0 Å². The minimum absolute atomic E-state index is 0.126. The molecule has 1 aromatic heterocycles. The zero-order valence-electron chi connectivity index (χ0n) is 17.7.